The van der Waals surface area contributed by atoms with Crippen molar-refractivity contribution in [1.82, 2.24) is 10.2 Å². The van der Waals surface area contributed by atoms with Gasteiger partial charge in [-0.1, -0.05) is 13.0 Å². The van der Waals surface area contributed by atoms with Gasteiger partial charge in [0.2, 0.25) is 0 Å². The Kier molecular flexibility index (Phi) is 4.03. The molecule has 0 amide bonds. The molecule has 110 valence electrons. The van der Waals surface area contributed by atoms with Crippen molar-refractivity contribution < 1.29 is 8.78 Å². The van der Waals surface area contributed by atoms with Crippen LogP contribution in [0.25, 0.3) is 0 Å². The number of rotatable bonds is 4. The predicted molar refractivity (Wildman–Crippen MR) is 75.4 cm³/mol. The van der Waals surface area contributed by atoms with E-state index in [0.717, 1.165) is 19.5 Å². The smallest absolute Gasteiger partial charge is 0.130 e. The van der Waals surface area contributed by atoms with Crippen LogP contribution in [0.2, 0.25) is 0 Å². The van der Waals surface area contributed by atoms with Gasteiger partial charge < -0.3 is 5.32 Å². The highest BCUT2D eigenvalue weighted by Crippen LogP contribution is 2.37. The molecule has 0 spiro atoms. The van der Waals surface area contributed by atoms with E-state index in [0.29, 0.717) is 24.5 Å². The van der Waals surface area contributed by atoms with Crippen LogP contribution in [0.4, 0.5) is 8.78 Å². The molecule has 2 aliphatic rings. The van der Waals surface area contributed by atoms with Gasteiger partial charge in [-0.25, -0.2) is 8.78 Å². The summed E-state index contributed by atoms with van der Waals surface area (Å²) < 4.78 is 27.7. The van der Waals surface area contributed by atoms with Crippen LogP contribution in [0.15, 0.2) is 18.2 Å². The Balaban J connectivity index is 1.78. The zero-order valence-corrected chi connectivity index (χ0v) is 11.9. The lowest BCUT2D eigenvalue weighted by atomic mass is 10.0. The first-order chi connectivity index (χ1) is 9.69. The fourth-order valence-corrected chi connectivity index (χ4v) is 3.19. The van der Waals surface area contributed by atoms with Crippen LogP contribution >= 0.6 is 0 Å². The van der Waals surface area contributed by atoms with Gasteiger partial charge in [-0.15, -0.1) is 0 Å². The molecule has 20 heavy (non-hydrogen) atoms. The average molecular weight is 280 g/mol. The fourth-order valence-electron chi connectivity index (χ4n) is 3.19. The van der Waals surface area contributed by atoms with E-state index in [1.807, 2.05) is 0 Å². The summed E-state index contributed by atoms with van der Waals surface area (Å²) in [6, 6.07) is 4.99. The van der Waals surface area contributed by atoms with Crippen LogP contribution in [0.1, 0.15) is 31.7 Å². The molecule has 0 radical (unpaired) electrons. The van der Waals surface area contributed by atoms with Crippen LogP contribution in [0.3, 0.4) is 0 Å². The minimum atomic E-state index is -0.425. The van der Waals surface area contributed by atoms with Gasteiger partial charge in [0, 0.05) is 37.3 Å². The van der Waals surface area contributed by atoms with Crippen LogP contribution in [0, 0.1) is 17.6 Å². The Morgan fingerprint density at radius 1 is 1.25 bits per heavy atom. The molecule has 1 heterocycles. The highest BCUT2D eigenvalue weighted by Gasteiger charge is 2.38. The zero-order chi connectivity index (χ0) is 14.1. The van der Waals surface area contributed by atoms with E-state index in [9.17, 15) is 8.78 Å². The van der Waals surface area contributed by atoms with E-state index in [2.05, 4.69) is 17.1 Å². The van der Waals surface area contributed by atoms with Crippen molar-refractivity contribution in [1.29, 1.82) is 0 Å². The lowest BCUT2D eigenvalue weighted by Crippen LogP contribution is -2.56. The summed E-state index contributed by atoms with van der Waals surface area (Å²) >= 11 is 0. The number of benzene rings is 1. The van der Waals surface area contributed by atoms with Gasteiger partial charge in [-0.05, 0) is 37.3 Å². The van der Waals surface area contributed by atoms with E-state index in [1.54, 1.807) is 0 Å². The number of hydrogen-bond acceptors (Lipinski definition) is 2. The summed E-state index contributed by atoms with van der Waals surface area (Å²) in [4.78, 5) is 2.28. The summed E-state index contributed by atoms with van der Waals surface area (Å²) in [5.74, 6) is -0.146. The highest BCUT2D eigenvalue weighted by molar-refractivity contribution is 5.20. The first-order valence-electron chi connectivity index (χ1n) is 7.59. The van der Waals surface area contributed by atoms with E-state index in [4.69, 9.17) is 0 Å². The summed E-state index contributed by atoms with van der Waals surface area (Å²) in [5, 5.41) is 3.56. The Labute approximate surface area is 119 Å². The minimum absolute atomic E-state index is 0.218. The van der Waals surface area contributed by atoms with E-state index < -0.39 is 11.6 Å². The molecular weight excluding hydrogens is 258 g/mol. The minimum Gasteiger partial charge on any atom is -0.311 e. The van der Waals surface area contributed by atoms with E-state index in [1.165, 1.54) is 31.0 Å². The van der Waals surface area contributed by atoms with Crippen LogP contribution in [0.5, 0.6) is 0 Å². The number of hydrogen-bond donors (Lipinski definition) is 1. The molecule has 2 unspecified atom stereocenters. The van der Waals surface area contributed by atoms with Gasteiger partial charge in [-0.2, -0.15) is 0 Å². The van der Waals surface area contributed by atoms with Crippen molar-refractivity contribution >= 4 is 0 Å². The van der Waals surface area contributed by atoms with Crippen LogP contribution in [-0.4, -0.2) is 30.1 Å². The highest BCUT2D eigenvalue weighted by atomic mass is 19.1. The second kappa shape index (κ2) is 5.78. The predicted octanol–water partition coefficient (Wildman–Crippen LogP) is 2.93. The van der Waals surface area contributed by atoms with Gasteiger partial charge in [0.25, 0.3) is 0 Å². The third-order valence-corrected chi connectivity index (χ3v) is 4.62. The summed E-state index contributed by atoms with van der Waals surface area (Å²) in [7, 11) is 0. The molecule has 1 aromatic rings. The third-order valence-electron chi connectivity index (χ3n) is 4.62. The third kappa shape index (κ3) is 2.86. The molecule has 0 aromatic heterocycles. The Bertz CT molecular complexity index is 453. The van der Waals surface area contributed by atoms with Crippen LogP contribution in [-0.2, 0) is 6.54 Å². The van der Waals surface area contributed by atoms with Gasteiger partial charge in [-0.3, -0.25) is 4.90 Å². The van der Waals surface area contributed by atoms with E-state index >= 15 is 0 Å². The Morgan fingerprint density at radius 3 is 2.55 bits per heavy atom. The summed E-state index contributed by atoms with van der Waals surface area (Å²) in [6.45, 7) is 4.36. The molecule has 1 saturated carbocycles. The molecule has 2 fully saturated rings. The molecule has 2 atom stereocenters. The topological polar surface area (TPSA) is 15.3 Å². The van der Waals surface area contributed by atoms with Crippen molar-refractivity contribution in [2.75, 3.05) is 13.1 Å². The summed E-state index contributed by atoms with van der Waals surface area (Å²) in [6.07, 6.45) is 3.55. The second-order valence-electron chi connectivity index (χ2n) is 6.05. The monoisotopic (exact) mass is 280 g/mol. The molecule has 1 aliphatic heterocycles. The van der Waals surface area contributed by atoms with E-state index in [-0.39, 0.29) is 5.56 Å². The quantitative estimate of drug-likeness (QED) is 0.912. The number of nitrogens with zero attached hydrogens (tertiary/aromatic N) is 1. The average Bonchev–Trinajstić information content (AvgIpc) is 3.27. The maximum atomic E-state index is 13.8. The fraction of sp³-hybridized carbons (Fsp3) is 0.625. The molecule has 0 bridgehead atoms. The second-order valence-corrected chi connectivity index (χ2v) is 6.05. The number of halogens is 2. The molecule has 2 nitrogen and oxygen atoms in total. The molecule has 1 aliphatic carbocycles. The van der Waals surface area contributed by atoms with Crippen LogP contribution < -0.4 is 5.32 Å². The maximum Gasteiger partial charge on any atom is 0.130 e. The lowest BCUT2D eigenvalue weighted by molar-refractivity contribution is 0.103. The Hall–Kier alpha value is -1.00. The molecular formula is C16H22F2N2. The maximum absolute atomic E-state index is 13.8. The van der Waals surface area contributed by atoms with Gasteiger partial charge in [0.1, 0.15) is 11.6 Å². The van der Waals surface area contributed by atoms with Gasteiger partial charge in [0.15, 0.2) is 0 Å². The number of piperazine rings is 1. The summed E-state index contributed by atoms with van der Waals surface area (Å²) in [5.41, 5.74) is 0.218. The molecule has 1 N–H and O–H groups in total. The standard InChI is InChI=1S/C16H22F2N2/c1-2-12-9-20(16(8-19-12)11-6-7-11)10-13-14(17)4-3-5-15(13)18/h3-5,11-12,16,19H,2,6-10H2,1H3. The Morgan fingerprint density at radius 2 is 1.95 bits per heavy atom. The van der Waals surface area contributed by atoms with Gasteiger partial charge >= 0.3 is 0 Å². The lowest BCUT2D eigenvalue weighted by Gasteiger charge is -2.40. The molecule has 1 aromatic carbocycles. The normalized spacial score (nSPS) is 27.8. The first-order valence-corrected chi connectivity index (χ1v) is 7.59. The van der Waals surface area contributed by atoms with Crippen molar-refractivity contribution in [2.24, 2.45) is 5.92 Å². The first kappa shape index (κ1) is 14.0. The SMILES string of the molecule is CCC1CN(Cc2c(F)cccc2F)C(C2CC2)CN1. The van der Waals surface area contributed by atoms with Crippen molar-refractivity contribution in [2.45, 2.75) is 44.8 Å². The zero-order valence-electron chi connectivity index (χ0n) is 11.9. The number of nitrogens with one attached hydrogen (secondary N) is 1. The van der Waals surface area contributed by atoms with Crippen molar-refractivity contribution in [3.8, 4) is 0 Å². The van der Waals surface area contributed by atoms with Crippen molar-refractivity contribution in [3.05, 3.63) is 35.4 Å². The molecule has 1 saturated heterocycles. The van der Waals surface area contributed by atoms with Gasteiger partial charge in [0.05, 0.1) is 0 Å². The molecule has 3 rings (SSSR count). The van der Waals surface area contributed by atoms with Crippen molar-refractivity contribution in [3.63, 3.8) is 0 Å². The molecule has 4 heteroatoms. The largest absolute Gasteiger partial charge is 0.311 e.